The molecule has 2 saturated heterocycles. The number of amides is 1. The first-order valence-electron chi connectivity index (χ1n) is 9.54. The molecule has 4 rings (SSSR count). The van der Waals surface area contributed by atoms with Crippen LogP contribution >= 0.6 is 0 Å². The average molecular weight is 369 g/mol. The average Bonchev–Trinajstić information content (AvgIpc) is 3.23. The van der Waals surface area contributed by atoms with Gasteiger partial charge in [-0.3, -0.25) is 14.7 Å². The molecule has 1 aromatic carbocycles. The van der Waals surface area contributed by atoms with Crippen molar-refractivity contribution in [3.63, 3.8) is 0 Å². The Morgan fingerprint density at radius 1 is 1.15 bits per heavy atom. The zero-order valence-electron chi connectivity index (χ0n) is 15.3. The molecule has 1 atom stereocenters. The lowest BCUT2D eigenvalue weighted by atomic mass is 10.1. The highest BCUT2D eigenvalue weighted by atomic mass is 19.1. The molecule has 0 aliphatic carbocycles. The van der Waals surface area contributed by atoms with Crippen molar-refractivity contribution in [1.29, 1.82) is 0 Å². The molecule has 0 radical (unpaired) electrons. The molecule has 2 aromatic rings. The van der Waals surface area contributed by atoms with Gasteiger partial charge in [-0.25, -0.2) is 4.39 Å². The van der Waals surface area contributed by atoms with Crippen molar-refractivity contribution in [2.75, 3.05) is 39.3 Å². The van der Waals surface area contributed by atoms with Crippen molar-refractivity contribution >= 4 is 5.91 Å². The van der Waals surface area contributed by atoms with Gasteiger partial charge in [0.15, 0.2) is 0 Å². The van der Waals surface area contributed by atoms with Gasteiger partial charge in [0.1, 0.15) is 11.9 Å². The van der Waals surface area contributed by atoms with E-state index in [0.717, 1.165) is 49.4 Å². The van der Waals surface area contributed by atoms with E-state index < -0.39 is 0 Å². The van der Waals surface area contributed by atoms with Gasteiger partial charge in [-0.1, -0.05) is 18.2 Å². The van der Waals surface area contributed by atoms with Gasteiger partial charge >= 0.3 is 0 Å². The number of benzene rings is 1. The van der Waals surface area contributed by atoms with Gasteiger partial charge in [-0.05, 0) is 37.1 Å². The van der Waals surface area contributed by atoms with E-state index in [1.165, 1.54) is 12.1 Å². The number of carbonyl (C=O) groups is 1. The number of morpholine rings is 1. The van der Waals surface area contributed by atoms with Gasteiger partial charge in [0.2, 0.25) is 5.91 Å². The maximum absolute atomic E-state index is 13.5. The van der Waals surface area contributed by atoms with Crippen LogP contribution in [0.4, 0.5) is 4.39 Å². The number of nitrogens with zero attached hydrogens (tertiary/aromatic N) is 3. The number of hydrogen-bond donors (Lipinski definition) is 0. The molecule has 5 nitrogen and oxygen atoms in total. The minimum Gasteiger partial charge on any atom is -0.369 e. The molecular weight excluding hydrogens is 345 g/mol. The van der Waals surface area contributed by atoms with Gasteiger partial charge in [0.25, 0.3) is 0 Å². The van der Waals surface area contributed by atoms with Gasteiger partial charge in [0.05, 0.1) is 24.5 Å². The van der Waals surface area contributed by atoms with E-state index in [2.05, 4.69) is 9.88 Å². The molecule has 1 aromatic heterocycles. The van der Waals surface area contributed by atoms with Crippen molar-refractivity contribution in [3.8, 4) is 11.3 Å². The molecule has 2 fully saturated rings. The summed E-state index contributed by atoms with van der Waals surface area (Å²) >= 11 is 0. The summed E-state index contributed by atoms with van der Waals surface area (Å²) in [5, 5.41) is 0. The fourth-order valence-electron chi connectivity index (χ4n) is 3.72. The monoisotopic (exact) mass is 369 g/mol. The van der Waals surface area contributed by atoms with Crippen LogP contribution in [0.2, 0.25) is 0 Å². The van der Waals surface area contributed by atoms with Gasteiger partial charge in [-0.15, -0.1) is 0 Å². The molecule has 0 N–H and O–H groups in total. The van der Waals surface area contributed by atoms with E-state index in [-0.39, 0.29) is 17.8 Å². The number of halogens is 1. The summed E-state index contributed by atoms with van der Waals surface area (Å²) in [6.45, 7) is 4.15. The lowest BCUT2D eigenvalue weighted by Crippen LogP contribution is -2.45. The largest absolute Gasteiger partial charge is 0.369 e. The molecule has 0 saturated carbocycles. The molecule has 2 aliphatic rings. The number of hydrogen-bond acceptors (Lipinski definition) is 4. The molecule has 1 amide bonds. The molecular formula is C21H24FN3O2. The maximum atomic E-state index is 13.5. The van der Waals surface area contributed by atoms with Crippen LogP contribution in [-0.2, 0) is 9.53 Å². The van der Waals surface area contributed by atoms with Crippen molar-refractivity contribution in [2.45, 2.75) is 18.9 Å². The summed E-state index contributed by atoms with van der Waals surface area (Å²) in [5.41, 5.74) is 2.28. The normalized spacial score (nSPS) is 20.8. The summed E-state index contributed by atoms with van der Waals surface area (Å²) in [7, 11) is 0. The number of rotatable bonds is 4. The Balaban J connectivity index is 1.45. The van der Waals surface area contributed by atoms with Crippen LogP contribution < -0.4 is 0 Å². The van der Waals surface area contributed by atoms with E-state index in [4.69, 9.17) is 4.74 Å². The van der Waals surface area contributed by atoms with E-state index >= 15 is 0 Å². The molecule has 142 valence electrons. The van der Waals surface area contributed by atoms with Gasteiger partial charge < -0.3 is 9.64 Å². The first-order chi connectivity index (χ1) is 13.2. The first kappa shape index (κ1) is 18.1. The minimum atomic E-state index is -0.278. The lowest BCUT2D eigenvalue weighted by Gasteiger charge is -2.33. The molecule has 0 spiro atoms. The molecule has 1 unspecified atom stereocenters. The van der Waals surface area contributed by atoms with Crippen molar-refractivity contribution in [2.24, 2.45) is 0 Å². The Hall–Kier alpha value is -2.31. The van der Waals surface area contributed by atoms with Crippen molar-refractivity contribution < 1.29 is 13.9 Å². The van der Waals surface area contributed by atoms with E-state index in [0.29, 0.717) is 19.7 Å². The SMILES string of the molecule is O=C(CN1CCOC(c2cccc(-c3cccc(F)c3)n2)C1)N1CCCC1. The van der Waals surface area contributed by atoms with Gasteiger partial charge in [0, 0.05) is 31.7 Å². The predicted molar refractivity (Wildman–Crippen MR) is 101 cm³/mol. The summed E-state index contributed by atoms with van der Waals surface area (Å²) in [6.07, 6.45) is 2.03. The number of ether oxygens (including phenoxy) is 1. The highest BCUT2D eigenvalue weighted by Gasteiger charge is 2.27. The molecule has 3 heterocycles. The smallest absolute Gasteiger partial charge is 0.236 e. The molecule has 2 aliphatic heterocycles. The zero-order valence-corrected chi connectivity index (χ0v) is 15.3. The van der Waals surface area contributed by atoms with Crippen LogP contribution in [0, 0.1) is 5.82 Å². The fourth-order valence-corrected chi connectivity index (χ4v) is 3.72. The number of aromatic nitrogens is 1. The van der Waals surface area contributed by atoms with E-state index in [1.54, 1.807) is 6.07 Å². The maximum Gasteiger partial charge on any atom is 0.236 e. The third kappa shape index (κ3) is 4.34. The quantitative estimate of drug-likeness (QED) is 0.831. The van der Waals surface area contributed by atoms with E-state index in [9.17, 15) is 9.18 Å². The van der Waals surface area contributed by atoms with Gasteiger partial charge in [-0.2, -0.15) is 0 Å². The standard InChI is InChI=1S/C21H24FN3O2/c22-17-6-3-5-16(13-17)18-7-4-8-19(23-18)20-14-24(11-12-27-20)15-21(26)25-9-1-2-10-25/h3-8,13,20H,1-2,9-12,14-15H2. The molecule has 27 heavy (non-hydrogen) atoms. The Kier molecular flexibility index (Phi) is 5.45. The van der Waals surface area contributed by atoms with Crippen LogP contribution in [0.25, 0.3) is 11.3 Å². The minimum absolute atomic E-state index is 0.182. The summed E-state index contributed by atoms with van der Waals surface area (Å²) < 4.78 is 19.4. The van der Waals surface area contributed by atoms with Crippen molar-refractivity contribution in [3.05, 3.63) is 54.0 Å². The first-order valence-corrected chi connectivity index (χ1v) is 9.54. The lowest BCUT2D eigenvalue weighted by molar-refractivity contribution is -0.133. The molecule has 6 heteroatoms. The highest BCUT2D eigenvalue weighted by molar-refractivity contribution is 5.78. The summed E-state index contributed by atoms with van der Waals surface area (Å²) in [5.74, 6) is -0.0742. The second-order valence-electron chi connectivity index (χ2n) is 7.14. The second kappa shape index (κ2) is 8.15. The van der Waals surface area contributed by atoms with Crippen LogP contribution in [0.15, 0.2) is 42.5 Å². The third-order valence-corrected chi connectivity index (χ3v) is 5.19. The van der Waals surface area contributed by atoms with Crippen LogP contribution in [-0.4, -0.2) is 60.0 Å². The van der Waals surface area contributed by atoms with Crippen LogP contribution in [0.3, 0.4) is 0 Å². The topological polar surface area (TPSA) is 45.7 Å². The van der Waals surface area contributed by atoms with Crippen LogP contribution in [0.1, 0.15) is 24.6 Å². The Bertz CT molecular complexity index is 808. The number of pyridine rings is 1. The third-order valence-electron chi connectivity index (χ3n) is 5.19. The fraction of sp³-hybridized carbons (Fsp3) is 0.429. The van der Waals surface area contributed by atoms with E-state index in [1.807, 2.05) is 29.2 Å². The second-order valence-corrected chi connectivity index (χ2v) is 7.14. The highest BCUT2D eigenvalue weighted by Crippen LogP contribution is 2.24. The summed E-state index contributed by atoms with van der Waals surface area (Å²) in [4.78, 5) is 21.2. The molecule has 0 bridgehead atoms. The van der Waals surface area contributed by atoms with Crippen LogP contribution in [0.5, 0.6) is 0 Å². The number of likely N-dealkylation sites (tertiary alicyclic amines) is 1. The Morgan fingerprint density at radius 2 is 1.96 bits per heavy atom. The predicted octanol–water partition coefficient (Wildman–Crippen LogP) is 2.88. The van der Waals surface area contributed by atoms with Crippen molar-refractivity contribution in [1.82, 2.24) is 14.8 Å². The zero-order chi connectivity index (χ0) is 18.6. The Labute approximate surface area is 158 Å². The number of carbonyl (C=O) groups excluding carboxylic acids is 1. The Morgan fingerprint density at radius 3 is 2.78 bits per heavy atom. The summed E-state index contributed by atoms with van der Waals surface area (Å²) in [6, 6.07) is 12.1.